The Kier molecular flexibility index (Phi) is 7.47. The summed E-state index contributed by atoms with van der Waals surface area (Å²) >= 11 is 3.59. The first-order valence-corrected chi connectivity index (χ1v) is 8.00. The van der Waals surface area contributed by atoms with Crippen molar-refractivity contribution < 1.29 is 4.74 Å². The Morgan fingerprint density at radius 3 is 2.47 bits per heavy atom. The van der Waals surface area contributed by atoms with E-state index >= 15 is 0 Å². The lowest BCUT2D eigenvalue weighted by molar-refractivity contribution is 0.240. The van der Waals surface area contributed by atoms with E-state index < -0.39 is 0 Å². The lowest BCUT2D eigenvalue weighted by atomic mass is 10.1. The lowest BCUT2D eigenvalue weighted by Crippen LogP contribution is -2.22. The van der Waals surface area contributed by atoms with Crippen LogP contribution in [0.5, 0.6) is 5.75 Å². The number of ether oxygens (including phenoxy) is 1. The fraction of sp³-hybridized carbons (Fsp3) is 0.625. The van der Waals surface area contributed by atoms with E-state index in [9.17, 15) is 0 Å². The number of nitrogens with one attached hydrogen (secondary N) is 1. The number of halogens is 1. The van der Waals surface area contributed by atoms with Crippen LogP contribution in [0.3, 0.4) is 0 Å². The molecule has 0 heterocycles. The summed E-state index contributed by atoms with van der Waals surface area (Å²) in [5, 5.41) is 3.43. The summed E-state index contributed by atoms with van der Waals surface area (Å²) in [4.78, 5) is 0. The molecule has 0 aliphatic carbocycles. The molecule has 1 N–H and O–H groups in total. The molecule has 0 unspecified atom stereocenters. The summed E-state index contributed by atoms with van der Waals surface area (Å²) in [5.74, 6) is 1.62. The molecule has 0 atom stereocenters. The summed E-state index contributed by atoms with van der Waals surface area (Å²) in [6, 6.07) is 6.72. The second-order valence-corrected chi connectivity index (χ2v) is 6.14. The van der Waals surface area contributed by atoms with E-state index in [0.717, 1.165) is 23.4 Å². The highest BCUT2D eigenvalue weighted by atomic mass is 79.9. The van der Waals surface area contributed by atoms with Gasteiger partial charge in [0.1, 0.15) is 5.75 Å². The minimum atomic E-state index is 0.487. The first-order valence-electron chi connectivity index (χ1n) is 7.21. The fourth-order valence-electron chi connectivity index (χ4n) is 1.83. The molecule has 0 radical (unpaired) electrons. The second-order valence-electron chi connectivity index (χ2n) is 5.28. The summed E-state index contributed by atoms with van der Waals surface area (Å²) in [6.45, 7) is 10.4. The van der Waals surface area contributed by atoms with E-state index in [4.69, 9.17) is 4.74 Å². The molecule has 108 valence electrons. The third-order valence-corrected chi connectivity index (χ3v) is 4.13. The molecular formula is C16H26BrNO. The zero-order valence-corrected chi connectivity index (χ0v) is 14.1. The van der Waals surface area contributed by atoms with E-state index in [2.05, 4.69) is 61.1 Å². The number of rotatable bonds is 8. The molecule has 0 spiro atoms. The van der Waals surface area contributed by atoms with Crippen LogP contribution in [0.25, 0.3) is 0 Å². The standard InChI is InChI=1S/C16H26BrNO/c1-5-13(6-2)11-19-15-7-8-16(17)14(9-15)10-18-12(3)4/h7-9,12-13,18H,5-6,10-11H2,1-4H3. The third kappa shape index (κ3) is 5.96. The molecule has 19 heavy (non-hydrogen) atoms. The van der Waals surface area contributed by atoms with Gasteiger partial charge in [0.05, 0.1) is 6.61 Å². The number of hydrogen-bond donors (Lipinski definition) is 1. The van der Waals surface area contributed by atoms with Crippen molar-refractivity contribution in [1.82, 2.24) is 5.32 Å². The summed E-state index contributed by atoms with van der Waals surface area (Å²) in [7, 11) is 0. The van der Waals surface area contributed by atoms with Crippen molar-refractivity contribution in [3.8, 4) is 5.75 Å². The molecule has 1 aromatic rings. The summed E-state index contributed by atoms with van der Waals surface area (Å²) in [6.07, 6.45) is 2.35. The van der Waals surface area contributed by atoms with Crippen molar-refractivity contribution >= 4 is 15.9 Å². The van der Waals surface area contributed by atoms with Gasteiger partial charge in [-0.15, -0.1) is 0 Å². The summed E-state index contributed by atoms with van der Waals surface area (Å²) in [5.41, 5.74) is 1.25. The normalized spacial score (nSPS) is 11.3. The molecule has 0 aliphatic rings. The predicted molar refractivity (Wildman–Crippen MR) is 85.7 cm³/mol. The van der Waals surface area contributed by atoms with Gasteiger partial charge in [-0.2, -0.15) is 0 Å². The average Bonchev–Trinajstić information content (AvgIpc) is 2.40. The molecule has 0 aromatic heterocycles. The van der Waals surface area contributed by atoms with Gasteiger partial charge in [-0.1, -0.05) is 56.5 Å². The minimum absolute atomic E-state index is 0.487. The van der Waals surface area contributed by atoms with Crippen molar-refractivity contribution in [1.29, 1.82) is 0 Å². The Hall–Kier alpha value is -0.540. The van der Waals surface area contributed by atoms with Crippen molar-refractivity contribution in [3.63, 3.8) is 0 Å². The number of hydrogen-bond acceptors (Lipinski definition) is 2. The molecule has 1 rings (SSSR count). The van der Waals surface area contributed by atoms with Gasteiger partial charge in [-0.3, -0.25) is 0 Å². The van der Waals surface area contributed by atoms with E-state index in [1.807, 2.05) is 6.07 Å². The fourth-order valence-corrected chi connectivity index (χ4v) is 2.22. The summed E-state index contributed by atoms with van der Waals surface area (Å²) < 4.78 is 7.04. The maximum atomic E-state index is 5.90. The van der Waals surface area contributed by atoms with Crippen LogP contribution in [0.15, 0.2) is 22.7 Å². The van der Waals surface area contributed by atoms with E-state index in [1.165, 1.54) is 18.4 Å². The maximum absolute atomic E-state index is 5.90. The van der Waals surface area contributed by atoms with Gasteiger partial charge in [0.2, 0.25) is 0 Å². The number of benzene rings is 1. The lowest BCUT2D eigenvalue weighted by Gasteiger charge is -2.15. The highest BCUT2D eigenvalue weighted by molar-refractivity contribution is 9.10. The molecule has 2 nitrogen and oxygen atoms in total. The second kappa shape index (κ2) is 8.60. The van der Waals surface area contributed by atoms with Gasteiger partial charge < -0.3 is 10.1 Å². The van der Waals surface area contributed by atoms with E-state index in [0.29, 0.717) is 12.0 Å². The van der Waals surface area contributed by atoms with Crippen LogP contribution in [0, 0.1) is 5.92 Å². The largest absolute Gasteiger partial charge is 0.493 e. The van der Waals surface area contributed by atoms with Gasteiger partial charge in [0.25, 0.3) is 0 Å². The van der Waals surface area contributed by atoms with E-state index in [-0.39, 0.29) is 0 Å². The topological polar surface area (TPSA) is 21.3 Å². The molecule has 0 bridgehead atoms. The Morgan fingerprint density at radius 2 is 1.89 bits per heavy atom. The van der Waals surface area contributed by atoms with Crippen LogP contribution in [-0.2, 0) is 6.54 Å². The molecular weight excluding hydrogens is 302 g/mol. The van der Waals surface area contributed by atoms with Crippen molar-refractivity contribution in [2.75, 3.05) is 6.61 Å². The van der Waals surface area contributed by atoms with Crippen LogP contribution in [-0.4, -0.2) is 12.6 Å². The van der Waals surface area contributed by atoms with Gasteiger partial charge in [-0.05, 0) is 29.7 Å². The monoisotopic (exact) mass is 327 g/mol. The SMILES string of the molecule is CCC(CC)COc1ccc(Br)c(CNC(C)C)c1. The maximum Gasteiger partial charge on any atom is 0.119 e. The Labute approximate surface area is 126 Å². The van der Waals surface area contributed by atoms with E-state index in [1.54, 1.807) is 0 Å². The zero-order chi connectivity index (χ0) is 14.3. The molecule has 3 heteroatoms. The van der Waals surface area contributed by atoms with Crippen molar-refractivity contribution in [2.24, 2.45) is 5.92 Å². The van der Waals surface area contributed by atoms with Crippen LogP contribution in [0.1, 0.15) is 46.1 Å². The Balaban J connectivity index is 2.62. The first kappa shape index (κ1) is 16.5. The third-order valence-electron chi connectivity index (χ3n) is 3.36. The van der Waals surface area contributed by atoms with Crippen molar-refractivity contribution in [2.45, 2.75) is 53.1 Å². The van der Waals surface area contributed by atoms with Crippen LogP contribution in [0.4, 0.5) is 0 Å². The van der Waals surface area contributed by atoms with Gasteiger partial charge in [-0.25, -0.2) is 0 Å². The zero-order valence-electron chi connectivity index (χ0n) is 12.5. The van der Waals surface area contributed by atoms with Crippen LogP contribution < -0.4 is 10.1 Å². The van der Waals surface area contributed by atoms with Gasteiger partial charge in [0.15, 0.2) is 0 Å². The average molecular weight is 328 g/mol. The molecule has 0 fully saturated rings. The highest BCUT2D eigenvalue weighted by Gasteiger charge is 2.07. The Bertz CT molecular complexity index is 375. The van der Waals surface area contributed by atoms with Gasteiger partial charge >= 0.3 is 0 Å². The minimum Gasteiger partial charge on any atom is -0.493 e. The molecule has 0 amide bonds. The molecule has 0 saturated heterocycles. The smallest absolute Gasteiger partial charge is 0.119 e. The quantitative estimate of drug-likeness (QED) is 0.743. The predicted octanol–water partition coefficient (Wildman–Crippen LogP) is 4.76. The highest BCUT2D eigenvalue weighted by Crippen LogP contribution is 2.23. The first-order chi connectivity index (χ1) is 9.06. The van der Waals surface area contributed by atoms with Gasteiger partial charge in [0, 0.05) is 17.1 Å². The van der Waals surface area contributed by atoms with Crippen molar-refractivity contribution in [3.05, 3.63) is 28.2 Å². The van der Waals surface area contributed by atoms with Crippen LogP contribution >= 0.6 is 15.9 Å². The molecule has 0 saturated carbocycles. The molecule has 1 aromatic carbocycles. The Morgan fingerprint density at radius 1 is 1.21 bits per heavy atom. The molecule has 0 aliphatic heterocycles. The van der Waals surface area contributed by atoms with Crippen LogP contribution in [0.2, 0.25) is 0 Å².